The average molecular weight is 356 g/mol. The van der Waals surface area contributed by atoms with E-state index in [0.717, 1.165) is 55.0 Å². The Labute approximate surface area is 145 Å². The van der Waals surface area contributed by atoms with Crippen LogP contribution in [0.5, 0.6) is 5.75 Å². The molecule has 7 heteroatoms. The zero-order valence-corrected chi connectivity index (χ0v) is 16.2. The smallest absolute Gasteiger partial charge is 0.210 e. The Morgan fingerprint density at radius 2 is 1.96 bits per heavy atom. The van der Waals surface area contributed by atoms with Gasteiger partial charge in [-0.25, -0.2) is 12.7 Å². The third-order valence-electron chi connectivity index (χ3n) is 4.91. The predicted octanol–water partition coefficient (Wildman–Crippen LogP) is 1.81. The van der Waals surface area contributed by atoms with Crippen molar-refractivity contribution in [1.29, 1.82) is 0 Å². The highest BCUT2D eigenvalue weighted by molar-refractivity contribution is 7.88. The molecular formula is C17H29N3O3S. The van der Waals surface area contributed by atoms with Crippen molar-refractivity contribution >= 4 is 10.0 Å². The molecule has 6 nitrogen and oxygen atoms in total. The van der Waals surface area contributed by atoms with Gasteiger partial charge in [0.25, 0.3) is 0 Å². The van der Waals surface area contributed by atoms with Gasteiger partial charge in [-0.2, -0.15) is 0 Å². The van der Waals surface area contributed by atoms with Crippen molar-refractivity contribution in [2.24, 2.45) is 5.92 Å². The van der Waals surface area contributed by atoms with E-state index in [0.29, 0.717) is 12.5 Å². The van der Waals surface area contributed by atoms with Gasteiger partial charge in [0.2, 0.25) is 10.0 Å². The molecule has 0 bridgehead atoms. The number of hydrogen-bond donors (Lipinski definition) is 0. The maximum absolute atomic E-state index is 11.5. The summed E-state index contributed by atoms with van der Waals surface area (Å²) in [7, 11) is 0.272. The van der Waals surface area contributed by atoms with Crippen LogP contribution in [0, 0.1) is 19.8 Å². The normalized spacial score (nSPS) is 17.4. The number of sulfonamides is 1. The summed E-state index contributed by atoms with van der Waals surface area (Å²) in [6, 6.07) is 0. The van der Waals surface area contributed by atoms with Crippen LogP contribution in [0.3, 0.4) is 0 Å². The first-order valence-corrected chi connectivity index (χ1v) is 10.2. The Kier molecular flexibility index (Phi) is 6.22. The van der Waals surface area contributed by atoms with Crippen LogP contribution in [0.25, 0.3) is 0 Å². The summed E-state index contributed by atoms with van der Waals surface area (Å²) in [6.45, 7) is 7.44. The fraction of sp³-hybridized carbons (Fsp3) is 0.706. The number of rotatable bonds is 6. The van der Waals surface area contributed by atoms with Crippen molar-refractivity contribution in [3.05, 3.63) is 23.0 Å². The quantitative estimate of drug-likeness (QED) is 0.779. The minimum Gasteiger partial charge on any atom is -0.496 e. The van der Waals surface area contributed by atoms with E-state index >= 15 is 0 Å². The first-order chi connectivity index (χ1) is 11.2. The van der Waals surface area contributed by atoms with E-state index in [4.69, 9.17) is 4.74 Å². The third kappa shape index (κ3) is 4.68. The Hall–Kier alpha value is -1.18. The summed E-state index contributed by atoms with van der Waals surface area (Å²) >= 11 is 0. The minimum absolute atomic E-state index is 0.433. The zero-order valence-electron chi connectivity index (χ0n) is 15.4. The van der Waals surface area contributed by atoms with Gasteiger partial charge in [0.05, 0.1) is 19.1 Å². The van der Waals surface area contributed by atoms with Crippen molar-refractivity contribution in [1.82, 2.24) is 14.2 Å². The highest BCUT2D eigenvalue weighted by Crippen LogP contribution is 2.26. The summed E-state index contributed by atoms with van der Waals surface area (Å²) < 4.78 is 30.0. The van der Waals surface area contributed by atoms with E-state index in [2.05, 4.69) is 16.8 Å². The summed E-state index contributed by atoms with van der Waals surface area (Å²) in [5.74, 6) is 1.35. The summed E-state index contributed by atoms with van der Waals surface area (Å²) in [5, 5.41) is 0. The number of hydrogen-bond acceptors (Lipinski definition) is 5. The molecule has 1 saturated heterocycles. The van der Waals surface area contributed by atoms with Crippen molar-refractivity contribution in [3.8, 4) is 5.75 Å². The number of aromatic nitrogens is 1. The van der Waals surface area contributed by atoms with E-state index in [1.807, 2.05) is 13.1 Å². The van der Waals surface area contributed by atoms with Crippen LogP contribution in [0.4, 0.5) is 0 Å². The predicted molar refractivity (Wildman–Crippen MR) is 95.7 cm³/mol. The highest BCUT2D eigenvalue weighted by atomic mass is 32.2. The van der Waals surface area contributed by atoms with Crippen LogP contribution in [-0.2, 0) is 16.6 Å². The molecule has 0 saturated carbocycles. The molecule has 0 atom stereocenters. The molecule has 0 aromatic carbocycles. The number of likely N-dealkylation sites (tertiary alicyclic amines) is 1. The Bertz CT molecular complexity index is 668. The fourth-order valence-corrected chi connectivity index (χ4v) is 3.75. The number of pyridine rings is 1. The van der Waals surface area contributed by atoms with Gasteiger partial charge < -0.3 is 4.74 Å². The number of piperidine rings is 1. The second-order valence-electron chi connectivity index (χ2n) is 6.81. The number of aryl methyl sites for hydroxylation is 1. The van der Waals surface area contributed by atoms with Crippen LogP contribution in [0.1, 0.15) is 29.7 Å². The van der Waals surface area contributed by atoms with Crippen LogP contribution in [0.15, 0.2) is 6.20 Å². The van der Waals surface area contributed by atoms with Crippen LogP contribution < -0.4 is 4.74 Å². The Morgan fingerprint density at radius 3 is 2.50 bits per heavy atom. The van der Waals surface area contributed by atoms with Gasteiger partial charge in [-0.3, -0.25) is 9.88 Å². The van der Waals surface area contributed by atoms with Crippen molar-refractivity contribution in [3.63, 3.8) is 0 Å². The molecule has 1 aliphatic rings. The lowest BCUT2D eigenvalue weighted by atomic mass is 9.96. The zero-order chi connectivity index (χ0) is 17.9. The van der Waals surface area contributed by atoms with Gasteiger partial charge in [0, 0.05) is 37.5 Å². The molecule has 1 aromatic rings. The fourth-order valence-electron chi connectivity index (χ4n) is 3.27. The van der Waals surface area contributed by atoms with Gasteiger partial charge >= 0.3 is 0 Å². The first kappa shape index (κ1) is 19.1. The molecule has 136 valence electrons. The standard InChI is InChI=1S/C17H29N3O3S/c1-13-10-18-16(14(2)17(13)23-4)12-20-8-6-15(7-9-20)11-19(3)24(5,21)22/h10,15H,6-9,11-12H2,1-5H3. The summed E-state index contributed by atoms with van der Waals surface area (Å²) in [6.07, 6.45) is 5.17. The molecule has 0 spiro atoms. The molecular weight excluding hydrogens is 326 g/mol. The molecule has 2 rings (SSSR count). The molecule has 2 heterocycles. The molecule has 0 radical (unpaired) electrons. The van der Waals surface area contributed by atoms with E-state index in [9.17, 15) is 8.42 Å². The average Bonchev–Trinajstić information content (AvgIpc) is 2.51. The Balaban J connectivity index is 1.92. The summed E-state index contributed by atoms with van der Waals surface area (Å²) in [4.78, 5) is 6.96. The minimum atomic E-state index is -3.09. The van der Waals surface area contributed by atoms with Gasteiger partial charge in [-0.1, -0.05) is 0 Å². The lowest BCUT2D eigenvalue weighted by Crippen LogP contribution is -2.39. The van der Waals surface area contributed by atoms with Crippen molar-refractivity contribution in [2.75, 3.05) is 40.0 Å². The largest absolute Gasteiger partial charge is 0.496 e. The lowest BCUT2D eigenvalue weighted by Gasteiger charge is -2.33. The van der Waals surface area contributed by atoms with Crippen LogP contribution in [-0.4, -0.2) is 62.7 Å². The van der Waals surface area contributed by atoms with Gasteiger partial charge in [0.15, 0.2) is 0 Å². The maximum atomic E-state index is 11.5. The van der Waals surface area contributed by atoms with E-state index in [-0.39, 0.29) is 0 Å². The Morgan fingerprint density at radius 1 is 1.33 bits per heavy atom. The molecule has 0 unspecified atom stereocenters. The van der Waals surface area contributed by atoms with Crippen LogP contribution in [0.2, 0.25) is 0 Å². The number of methoxy groups -OCH3 is 1. The van der Waals surface area contributed by atoms with Gasteiger partial charge in [-0.15, -0.1) is 0 Å². The van der Waals surface area contributed by atoms with E-state index in [1.165, 1.54) is 10.6 Å². The third-order valence-corrected chi connectivity index (χ3v) is 6.19. The SMILES string of the molecule is COc1c(C)cnc(CN2CCC(CN(C)S(C)(=O)=O)CC2)c1C. The number of ether oxygens (including phenoxy) is 1. The van der Waals surface area contributed by atoms with E-state index in [1.54, 1.807) is 14.2 Å². The van der Waals surface area contributed by atoms with Gasteiger partial charge in [0.1, 0.15) is 5.75 Å². The maximum Gasteiger partial charge on any atom is 0.210 e. The first-order valence-electron chi connectivity index (χ1n) is 8.35. The molecule has 24 heavy (non-hydrogen) atoms. The second kappa shape index (κ2) is 7.80. The lowest BCUT2D eigenvalue weighted by molar-refractivity contribution is 0.164. The van der Waals surface area contributed by atoms with Gasteiger partial charge in [-0.05, 0) is 45.7 Å². The molecule has 0 amide bonds. The molecule has 0 aliphatic carbocycles. The monoisotopic (exact) mass is 355 g/mol. The second-order valence-corrected chi connectivity index (χ2v) is 8.90. The van der Waals surface area contributed by atoms with Crippen molar-refractivity contribution < 1.29 is 13.2 Å². The molecule has 0 N–H and O–H groups in total. The molecule has 1 aromatic heterocycles. The topological polar surface area (TPSA) is 62.7 Å². The van der Waals surface area contributed by atoms with E-state index < -0.39 is 10.0 Å². The van der Waals surface area contributed by atoms with Crippen LogP contribution >= 0.6 is 0 Å². The molecule has 1 fully saturated rings. The summed E-state index contributed by atoms with van der Waals surface area (Å²) in [5.41, 5.74) is 3.22. The molecule has 1 aliphatic heterocycles. The van der Waals surface area contributed by atoms with Crippen molar-refractivity contribution in [2.45, 2.75) is 33.2 Å². The number of nitrogens with zero attached hydrogens (tertiary/aromatic N) is 3. The highest BCUT2D eigenvalue weighted by Gasteiger charge is 2.24.